The van der Waals surface area contributed by atoms with Crippen molar-refractivity contribution in [3.05, 3.63) is 122 Å². The van der Waals surface area contributed by atoms with Crippen LogP contribution in [0.25, 0.3) is 0 Å². The molecule has 0 aliphatic heterocycles. The van der Waals surface area contributed by atoms with E-state index in [2.05, 4.69) is 26.3 Å². The van der Waals surface area contributed by atoms with Crippen LogP contribution in [0.15, 0.2) is 111 Å². The minimum Gasteiger partial charge on any atom is -0.423 e. The molecule has 228 valence electrons. The highest BCUT2D eigenvalue weighted by atomic mass is 16.6. The van der Waals surface area contributed by atoms with Crippen molar-refractivity contribution in [2.75, 3.05) is 0 Å². The lowest BCUT2D eigenvalue weighted by molar-refractivity contribution is -0.134. The van der Waals surface area contributed by atoms with E-state index in [1.807, 2.05) is 0 Å². The predicted octanol–water partition coefficient (Wildman–Crippen LogP) is 4.88. The summed E-state index contributed by atoms with van der Waals surface area (Å²) in [5.74, 6) is -5.49. The van der Waals surface area contributed by atoms with Crippen LogP contribution in [-0.4, -0.2) is 35.8 Å². The number of esters is 6. The van der Waals surface area contributed by atoms with E-state index in [1.54, 1.807) is 0 Å². The number of hydrogen-bond acceptors (Lipinski definition) is 12. The number of ether oxygens (including phenoxy) is 6. The molecule has 3 aromatic carbocycles. The van der Waals surface area contributed by atoms with E-state index in [1.165, 1.54) is 54.6 Å². The number of carbonyl (C=O) groups is 6. The molecule has 0 saturated heterocycles. The summed E-state index contributed by atoms with van der Waals surface area (Å²) in [6.45, 7) is 13.3. The summed E-state index contributed by atoms with van der Waals surface area (Å²) in [5, 5.41) is 0. The van der Waals surface area contributed by atoms with Gasteiger partial charge in [0.05, 0.1) is 17.5 Å². The maximum Gasteiger partial charge on any atom is 0.343 e. The van der Waals surface area contributed by atoms with Crippen molar-refractivity contribution in [3.8, 4) is 34.5 Å². The van der Waals surface area contributed by atoms with E-state index in [9.17, 15) is 28.8 Å². The van der Waals surface area contributed by atoms with E-state index in [-0.39, 0.29) is 52.0 Å². The molecule has 0 amide bonds. The first-order valence-electron chi connectivity index (χ1n) is 12.7. The molecule has 12 nitrogen and oxygen atoms in total. The molecule has 0 saturated carbocycles. The molecule has 0 N–H and O–H groups in total. The highest BCUT2D eigenvalue weighted by Crippen LogP contribution is 2.31. The second-order valence-corrected chi connectivity index (χ2v) is 8.42. The Hall–Kier alpha value is -6.56. The van der Waals surface area contributed by atoms with Gasteiger partial charge in [-0.2, -0.15) is 0 Å². The van der Waals surface area contributed by atoms with Gasteiger partial charge in [-0.25, -0.2) is 24.0 Å². The molecule has 0 aliphatic carbocycles. The Balaban J connectivity index is 1.73. The van der Waals surface area contributed by atoms with E-state index < -0.39 is 35.8 Å². The van der Waals surface area contributed by atoms with Crippen LogP contribution in [0.4, 0.5) is 0 Å². The fourth-order valence-corrected chi connectivity index (χ4v) is 3.24. The Bertz CT molecular complexity index is 1700. The maximum absolute atomic E-state index is 12.8. The summed E-state index contributed by atoms with van der Waals surface area (Å²) in [6.07, 6.45) is 3.90. The van der Waals surface area contributed by atoms with Crippen LogP contribution in [0.2, 0.25) is 0 Å². The standard InChI is InChI=1S/C33H24O12/c1-5-9-31(37)43-25-17-11-21(19-27(25)45-30(36)8-4)33(39)41-23-14-12-22(13-15-23)40-32(38)20-10-16-24(42-28(34)6-2)26(18-20)44-29(35)7-3/h5-8,10-19H,1-4,9H2. The van der Waals surface area contributed by atoms with Gasteiger partial charge >= 0.3 is 35.8 Å². The molecule has 0 aromatic heterocycles. The lowest BCUT2D eigenvalue weighted by atomic mass is 10.2. The number of hydrogen-bond donors (Lipinski definition) is 0. The molecule has 0 atom stereocenters. The molecule has 0 fully saturated rings. The minimum absolute atomic E-state index is 0.0453. The summed E-state index contributed by atoms with van der Waals surface area (Å²) >= 11 is 0. The molecule has 12 heteroatoms. The predicted molar refractivity (Wildman–Crippen MR) is 157 cm³/mol. The van der Waals surface area contributed by atoms with Crippen molar-refractivity contribution < 1.29 is 57.2 Å². The van der Waals surface area contributed by atoms with Crippen molar-refractivity contribution in [3.63, 3.8) is 0 Å². The lowest BCUT2D eigenvalue weighted by Crippen LogP contribution is -2.13. The maximum atomic E-state index is 12.8. The van der Waals surface area contributed by atoms with E-state index in [4.69, 9.17) is 28.4 Å². The fraction of sp³-hybridized carbons (Fsp3) is 0.0303. The summed E-state index contributed by atoms with van der Waals surface area (Å²) in [7, 11) is 0. The number of carbonyl (C=O) groups excluding carboxylic acids is 6. The van der Waals surface area contributed by atoms with Gasteiger partial charge in [0.1, 0.15) is 11.5 Å². The zero-order valence-electron chi connectivity index (χ0n) is 23.5. The van der Waals surface area contributed by atoms with Gasteiger partial charge in [0.15, 0.2) is 23.0 Å². The largest absolute Gasteiger partial charge is 0.423 e. The first kappa shape index (κ1) is 32.9. The van der Waals surface area contributed by atoms with Crippen molar-refractivity contribution >= 4 is 35.8 Å². The lowest BCUT2D eigenvalue weighted by Gasteiger charge is -2.12. The summed E-state index contributed by atoms with van der Waals surface area (Å²) in [4.78, 5) is 72.5. The fourth-order valence-electron chi connectivity index (χ4n) is 3.24. The third-order valence-corrected chi connectivity index (χ3v) is 5.27. The van der Waals surface area contributed by atoms with Crippen LogP contribution in [0.5, 0.6) is 34.5 Å². The molecule has 0 bridgehead atoms. The topological polar surface area (TPSA) is 158 Å². The number of benzene rings is 3. The summed E-state index contributed by atoms with van der Waals surface area (Å²) in [6, 6.07) is 12.7. The first-order chi connectivity index (χ1) is 21.6. The van der Waals surface area contributed by atoms with E-state index in [0.717, 1.165) is 30.4 Å². The van der Waals surface area contributed by atoms with Gasteiger partial charge in [-0.05, 0) is 60.7 Å². The molecule has 3 aromatic rings. The van der Waals surface area contributed by atoms with Crippen molar-refractivity contribution in [1.29, 1.82) is 0 Å². The van der Waals surface area contributed by atoms with Gasteiger partial charge in [-0.15, -0.1) is 6.58 Å². The van der Waals surface area contributed by atoms with Crippen LogP contribution < -0.4 is 28.4 Å². The van der Waals surface area contributed by atoms with Crippen molar-refractivity contribution in [2.45, 2.75) is 6.42 Å². The zero-order chi connectivity index (χ0) is 32.9. The quantitative estimate of drug-likeness (QED) is 0.112. The minimum atomic E-state index is -0.863. The Labute approximate surface area is 256 Å². The molecule has 45 heavy (non-hydrogen) atoms. The van der Waals surface area contributed by atoms with Crippen LogP contribution in [0.3, 0.4) is 0 Å². The van der Waals surface area contributed by atoms with Gasteiger partial charge in [-0.1, -0.05) is 25.8 Å². The van der Waals surface area contributed by atoms with E-state index in [0.29, 0.717) is 0 Å². The first-order valence-corrected chi connectivity index (χ1v) is 12.7. The highest BCUT2D eigenvalue weighted by molar-refractivity contribution is 5.94. The van der Waals surface area contributed by atoms with Crippen LogP contribution in [0, 0.1) is 0 Å². The molecule has 0 heterocycles. The molecular weight excluding hydrogens is 588 g/mol. The highest BCUT2D eigenvalue weighted by Gasteiger charge is 2.19. The normalized spacial score (nSPS) is 9.87. The zero-order valence-corrected chi connectivity index (χ0v) is 23.5. The Morgan fingerprint density at radius 3 is 1.24 bits per heavy atom. The molecule has 0 radical (unpaired) electrons. The van der Waals surface area contributed by atoms with Crippen molar-refractivity contribution in [2.24, 2.45) is 0 Å². The van der Waals surface area contributed by atoms with Gasteiger partial charge in [0.2, 0.25) is 0 Å². The average molecular weight is 613 g/mol. The Morgan fingerprint density at radius 1 is 0.489 bits per heavy atom. The van der Waals surface area contributed by atoms with Crippen molar-refractivity contribution in [1.82, 2.24) is 0 Å². The molecule has 0 unspecified atom stereocenters. The summed E-state index contributed by atoms with van der Waals surface area (Å²) in [5.41, 5.74) is -0.0987. The van der Waals surface area contributed by atoms with Gasteiger partial charge < -0.3 is 28.4 Å². The smallest absolute Gasteiger partial charge is 0.343 e. The van der Waals surface area contributed by atoms with Crippen LogP contribution in [0.1, 0.15) is 27.1 Å². The third kappa shape index (κ3) is 9.48. The Kier molecular flexibility index (Phi) is 11.4. The second-order valence-electron chi connectivity index (χ2n) is 8.42. The molecular formula is C33H24O12. The third-order valence-electron chi connectivity index (χ3n) is 5.27. The van der Waals surface area contributed by atoms with E-state index >= 15 is 0 Å². The van der Waals surface area contributed by atoms with Gasteiger partial charge in [0.25, 0.3) is 0 Å². The van der Waals surface area contributed by atoms with Gasteiger partial charge in [-0.3, -0.25) is 4.79 Å². The summed E-state index contributed by atoms with van der Waals surface area (Å²) < 4.78 is 31.0. The second kappa shape index (κ2) is 15.6. The van der Waals surface area contributed by atoms with Gasteiger partial charge in [0, 0.05) is 18.2 Å². The SMILES string of the molecule is C=CCC(=O)Oc1ccc(C(=O)Oc2ccc(OC(=O)c3ccc(OC(=O)C=C)c(OC(=O)C=C)c3)cc2)cc1OC(=O)C=C. The number of rotatable bonds is 13. The van der Waals surface area contributed by atoms with Crippen LogP contribution in [-0.2, 0) is 19.2 Å². The molecule has 3 rings (SSSR count). The monoisotopic (exact) mass is 612 g/mol. The van der Waals surface area contributed by atoms with Crippen LogP contribution >= 0.6 is 0 Å². The Morgan fingerprint density at radius 2 is 0.867 bits per heavy atom. The molecule has 0 aliphatic rings. The molecule has 0 spiro atoms. The average Bonchev–Trinajstić information content (AvgIpc) is 3.03.